The summed E-state index contributed by atoms with van der Waals surface area (Å²) in [5.74, 6) is -4.76. The molecule has 3 aromatic carbocycles. The summed E-state index contributed by atoms with van der Waals surface area (Å²) in [5, 5.41) is 22.4. The SMILES string of the molecule is Cc1ccccc1NC(=O)[C@H]1C(=O)C[C@](C)(O)[C@@H](C(=O)Nc2ccccc2C)[C@H]1c1c(C)nn(-c2ccccc2)c1C. The normalized spacial score (nSPS) is 22.0. The van der Waals surface area contributed by atoms with E-state index < -0.39 is 41.0 Å². The van der Waals surface area contributed by atoms with Crippen molar-refractivity contribution in [2.45, 2.75) is 52.6 Å². The molecule has 1 fully saturated rings. The van der Waals surface area contributed by atoms with Gasteiger partial charge in [0, 0.05) is 35.0 Å². The Morgan fingerprint density at radius 3 is 1.93 bits per heavy atom. The fourth-order valence-electron chi connectivity index (χ4n) is 6.25. The summed E-state index contributed by atoms with van der Waals surface area (Å²) in [6.07, 6.45) is -0.341. The molecule has 2 amide bonds. The third-order valence-electron chi connectivity index (χ3n) is 8.32. The second kappa shape index (κ2) is 11.4. The number of aryl methyl sites for hydroxylation is 3. The molecule has 8 nitrogen and oxygen atoms in total. The number of nitrogens with one attached hydrogen (secondary N) is 2. The van der Waals surface area contributed by atoms with Gasteiger partial charge in [0.2, 0.25) is 11.8 Å². The average Bonchev–Trinajstić information content (AvgIpc) is 3.23. The van der Waals surface area contributed by atoms with Gasteiger partial charge in [-0.25, -0.2) is 4.68 Å². The van der Waals surface area contributed by atoms with Gasteiger partial charge in [-0.15, -0.1) is 0 Å². The highest BCUT2D eigenvalue weighted by molar-refractivity contribution is 6.10. The quantitative estimate of drug-likeness (QED) is 0.271. The lowest BCUT2D eigenvalue weighted by atomic mass is 9.60. The van der Waals surface area contributed by atoms with Gasteiger partial charge >= 0.3 is 0 Å². The van der Waals surface area contributed by atoms with Crippen molar-refractivity contribution in [2.75, 3.05) is 10.6 Å². The molecule has 1 heterocycles. The summed E-state index contributed by atoms with van der Waals surface area (Å²) in [7, 11) is 0. The van der Waals surface area contributed by atoms with E-state index >= 15 is 0 Å². The van der Waals surface area contributed by atoms with Crippen LogP contribution in [0.25, 0.3) is 5.69 Å². The number of benzene rings is 3. The molecule has 1 aliphatic rings. The van der Waals surface area contributed by atoms with Crippen LogP contribution in [0.2, 0.25) is 0 Å². The number of carbonyl (C=O) groups excluding carboxylic acids is 3. The van der Waals surface area contributed by atoms with Crippen LogP contribution < -0.4 is 10.6 Å². The van der Waals surface area contributed by atoms with Gasteiger partial charge in [-0.05, 0) is 70.0 Å². The van der Waals surface area contributed by atoms with Crippen LogP contribution in [-0.2, 0) is 14.4 Å². The minimum atomic E-state index is -1.72. The molecule has 3 N–H and O–H groups in total. The van der Waals surface area contributed by atoms with Crippen molar-refractivity contribution < 1.29 is 19.5 Å². The van der Waals surface area contributed by atoms with Crippen LogP contribution in [0, 0.1) is 39.5 Å². The Morgan fingerprint density at radius 1 is 0.833 bits per heavy atom. The number of aromatic nitrogens is 2. The Labute approximate surface area is 245 Å². The van der Waals surface area contributed by atoms with Crippen LogP contribution in [0.1, 0.15) is 47.3 Å². The van der Waals surface area contributed by atoms with Crippen molar-refractivity contribution in [1.82, 2.24) is 9.78 Å². The number of anilines is 2. The molecule has 0 unspecified atom stereocenters. The van der Waals surface area contributed by atoms with E-state index in [1.165, 1.54) is 6.92 Å². The predicted octanol–water partition coefficient (Wildman–Crippen LogP) is 5.42. The number of hydrogen-bond acceptors (Lipinski definition) is 5. The van der Waals surface area contributed by atoms with E-state index in [0.717, 1.165) is 16.8 Å². The van der Waals surface area contributed by atoms with Crippen LogP contribution >= 0.6 is 0 Å². The van der Waals surface area contributed by atoms with E-state index in [4.69, 9.17) is 5.10 Å². The van der Waals surface area contributed by atoms with Gasteiger partial charge in [-0.2, -0.15) is 5.10 Å². The molecule has 1 aliphatic carbocycles. The zero-order chi connectivity index (χ0) is 30.2. The van der Waals surface area contributed by atoms with Gasteiger partial charge in [-0.3, -0.25) is 14.4 Å². The number of rotatable bonds is 6. The Bertz CT molecular complexity index is 1660. The molecular weight excluding hydrogens is 528 g/mol. The summed E-state index contributed by atoms with van der Waals surface area (Å²) >= 11 is 0. The van der Waals surface area contributed by atoms with Crippen molar-refractivity contribution >= 4 is 29.0 Å². The highest BCUT2D eigenvalue weighted by atomic mass is 16.3. The molecule has 0 radical (unpaired) electrons. The number of hydrogen-bond donors (Lipinski definition) is 3. The molecule has 1 aromatic heterocycles. The van der Waals surface area contributed by atoms with Crippen molar-refractivity contribution in [1.29, 1.82) is 0 Å². The van der Waals surface area contributed by atoms with Gasteiger partial charge in [0.15, 0.2) is 0 Å². The first kappa shape index (κ1) is 29.0. The summed E-state index contributed by atoms with van der Waals surface area (Å²) in [5.41, 5.74) is 3.83. The topological polar surface area (TPSA) is 113 Å². The highest BCUT2D eigenvalue weighted by Crippen LogP contribution is 2.48. The van der Waals surface area contributed by atoms with Gasteiger partial charge in [0.25, 0.3) is 0 Å². The maximum Gasteiger partial charge on any atom is 0.235 e. The van der Waals surface area contributed by atoms with Crippen molar-refractivity contribution in [3.8, 4) is 5.69 Å². The van der Waals surface area contributed by atoms with E-state index in [0.29, 0.717) is 28.3 Å². The van der Waals surface area contributed by atoms with E-state index in [9.17, 15) is 19.5 Å². The Hall–Kier alpha value is -4.56. The molecule has 216 valence electrons. The molecular formula is C34H36N4O4. The molecule has 42 heavy (non-hydrogen) atoms. The molecule has 0 spiro atoms. The fourth-order valence-corrected chi connectivity index (χ4v) is 6.25. The van der Waals surface area contributed by atoms with E-state index in [1.54, 1.807) is 16.8 Å². The lowest BCUT2D eigenvalue weighted by Crippen LogP contribution is -2.56. The zero-order valence-corrected chi connectivity index (χ0v) is 24.5. The van der Waals surface area contributed by atoms with Gasteiger partial charge < -0.3 is 15.7 Å². The minimum Gasteiger partial charge on any atom is -0.389 e. The van der Waals surface area contributed by atoms with Gasteiger partial charge in [-0.1, -0.05) is 54.6 Å². The Morgan fingerprint density at radius 2 is 1.36 bits per heavy atom. The summed E-state index contributed by atoms with van der Waals surface area (Å²) in [6.45, 7) is 8.93. The molecule has 0 bridgehead atoms. The molecule has 4 atom stereocenters. The molecule has 5 rings (SSSR count). The molecule has 0 saturated heterocycles. The lowest BCUT2D eigenvalue weighted by molar-refractivity contribution is -0.150. The number of nitrogens with zero attached hydrogens (tertiary/aromatic N) is 2. The summed E-state index contributed by atoms with van der Waals surface area (Å²) in [4.78, 5) is 42.0. The number of Topliss-reactive ketones (excluding diaryl/α,β-unsaturated/α-hetero) is 1. The largest absolute Gasteiger partial charge is 0.389 e. The number of ketones is 1. The number of aliphatic hydroxyl groups is 1. The standard InChI is InChI=1S/C34H36N4O4/c1-20-13-9-11-17-25(20)35-32(40)29-27(39)19-34(5,42)31(33(41)36-26-18-12-10-14-21(26)2)30(29)28-22(3)37-38(23(28)4)24-15-7-6-8-16-24/h6-18,29-31,42H,19H2,1-5H3,(H,35,40)(H,36,41)/t29-,30-,31+,34-/m0/s1. The van der Waals surface area contributed by atoms with Crippen molar-refractivity contribution in [3.05, 3.63) is 107 Å². The highest BCUT2D eigenvalue weighted by Gasteiger charge is 2.57. The first-order valence-corrected chi connectivity index (χ1v) is 14.1. The van der Waals surface area contributed by atoms with Crippen molar-refractivity contribution in [3.63, 3.8) is 0 Å². The fraction of sp³-hybridized carbons (Fsp3) is 0.294. The van der Waals surface area contributed by atoms with Crippen LogP contribution in [0.3, 0.4) is 0 Å². The van der Waals surface area contributed by atoms with Crippen LogP contribution in [0.5, 0.6) is 0 Å². The number of carbonyl (C=O) groups is 3. The maximum absolute atomic E-state index is 14.2. The average molecular weight is 565 g/mol. The van der Waals surface area contributed by atoms with Crippen LogP contribution in [0.4, 0.5) is 11.4 Å². The molecule has 0 aliphatic heterocycles. The van der Waals surface area contributed by atoms with Gasteiger partial charge in [0.1, 0.15) is 11.7 Å². The molecule has 8 heteroatoms. The van der Waals surface area contributed by atoms with Gasteiger partial charge in [0.05, 0.1) is 22.9 Å². The molecule has 4 aromatic rings. The Kier molecular flexibility index (Phi) is 7.84. The second-order valence-corrected chi connectivity index (χ2v) is 11.4. The zero-order valence-electron chi connectivity index (χ0n) is 24.5. The monoisotopic (exact) mass is 564 g/mol. The first-order chi connectivity index (χ1) is 20.0. The first-order valence-electron chi connectivity index (χ1n) is 14.1. The van der Waals surface area contributed by atoms with E-state index in [2.05, 4.69) is 10.6 Å². The summed E-state index contributed by atoms with van der Waals surface area (Å²) in [6, 6.07) is 24.2. The minimum absolute atomic E-state index is 0.341. The predicted molar refractivity (Wildman–Crippen MR) is 163 cm³/mol. The second-order valence-electron chi connectivity index (χ2n) is 11.4. The Balaban J connectivity index is 1.67. The van der Waals surface area contributed by atoms with Crippen LogP contribution in [-0.4, -0.2) is 38.1 Å². The van der Waals surface area contributed by atoms with Crippen molar-refractivity contribution in [2.24, 2.45) is 11.8 Å². The third kappa shape index (κ3) is 5.37. The van der Waals surface area contributed by atoms with E-state index in [1.807, 2.05) is 94.4 Å². The molecule has 1 saturated carbocycles. The van der Waals surface area contributed by atoms with E-state index in [-0.39, 0.29) is 6.42 Å². The number of para-hydroxylation sites is 3. The summed E-state index contributed by atoms with van der Waals surface area (Å²) < 4.78 is 1.76. The lowest BCUT2D eigenvalue weighted by Gasteiger charge is -2.44. The third-order valence-corrected chi connectivity index (χ3v) is 8.32. The maximum atomic E-state index is 14.2. The van der Waals surface area contributed by atoms with Crippen LogP contribution in [0.15, 0.2) is 78.9 Å². The smallest absolute Gasteiger partial charge is 0.235 e. The number of amides is 2.